The molecule has 1 N–H and O–H groups in total. The minimum absolute atomic E-state index is 0.770. The first-order chi connectivity index (χ1) is 10.2. The Hall–Kier alpha value is -1.67. The van der Waals surface area contributed by atoms with Crippen molar-refractivity contribution >= 4 is 0 Å². The highest BCUT2D eigenvalue weighted by Crippen LogP contribution is 2.20. The molecule has 2 heteroatoms. The molecule has 1 aromatic heterocycles. The second kappa shape index (κ2) is 6.40. The molecule has 0 saturated heterocycles. The summed E-state index contributed by atoms with van der Waals surface area (Å²) in [6.07, 6.45) is 6.66. The van der Waals surface area contributed by atoms with Crippen LogP contribution in [0, 0.1) is 6.92 Å². The lowest BCUT2D eigenvalue weighted by atomic mass is 10.0. The Labute approximate surface area is 127 Å². The van der Waals surface area contributed by atoms with Crippen molar-refractivity contribution < 1.29 is 0 Å². The Kier molecular flexibility index (Phi) is 4.35. The molecule has 0 atom stereocenters. The smallest absolute Gasteiger partial charge is 0.0447 e. The quantitative estimate of drug-likeness (QED) is 0.870. The van der Waals surface area contributed by atoms with E-state index in [9.17, 15) is 0 Å². The summed E-state index contributed by atoms with van der Waals surface area (Å²) in [7, 11) is 0. The molecule has 0 spiro atoms. The SMILES string of the molecule is CCc1ccc(Cc2ccc(CNC3CC3)cc2C)nc1. The Balaban J connectivity index is 1.66. The first-order valence-corrected chi connectivity index (χ1v) is 8.00. The van der Waals surface area contributed by atoms with Crippen LogP contribution in [0.2, 0.25) is 0 Å². The molecule has 0 radical (unpaired) electrons. The Morgan fingerprint density at radius 3 is 2.57 bits per heavy atom. The van der Waals surface area contributed by atoms with Crippen LogP contribution >= 0.6 is 0 Å². The van der Waals surface area contributed by atoms with Gasteiger partial charge in [0.1, 0.15) is 0 Å². The molecule has 110 valence electrons. The van der Waals surface area contributed by atoms with Crippen molar-refractivity contribution in [3.8, 4) is 0 Å². The van der Waals surface area contributed by atoms with E-state index in [0.29, 0.717) is 0 Å². The molecule has 0 bridgehead atoms. The average Bonchev–Trinajstić information content (AvgIpc) is 3.33. The lowest BCUT2D eigenvalue weighted by Crippen LogP contribution is -2.15. The Morgan fingerprint density at radius 2 is 1.95 bits per heavy atom. The number of benzene rings is 1. The predicted octanol–water partition coefficient (Wildman–Crippen LogP) is 3.80. The fraction of sp³-hybridized carbons (Fsp3) is 0.421. The van der Waals surface area contributed by atoms with Crippen molar-refractivity contribution in [2.75, 3.05) is 0 Å². The number of hydrogen-bond acceptors (Lipinski definition) is 2. The third-order valence-corrected chi connectivity index (χ3v) is 4.25. The van der Waals surface area contributed by atoms with E-state index in [1.165, 1.54) is 35.1 Å². The molecule has 1 fully saturated rings. The van der Waals surface area contributed by atoms with Crippen molar-refractivity contribution in [2.45, 2.75) is 52.1 Å². The van der Waals surface area contributed by atoms with Gasteiger partial charge in [-0.25, -0.2) is 0 Å². The molecule has 1 heterocycles. The zero-order valence-corrected chi connectivity index (χ0v) is 13.0. The van der Waals surface area contributed by atoms with Gasteiger partial charge in [0.2, 0.25) is 0 Å². The zero-order valence-electron chi connectivity index (χ0n) is 13.0. The molecule has 0 aliphatic heterocycles. The summed E-state index contributed by atoms with van der Waals surface area (Å²) < 4.78 is 0. The van der Waals surface area contributed by atoms with E-state index >= 15 is 0 Å². The highest BCUT2D eigenvalue weighted by molar-refractivity contribution is 5.34. The highest BCUT2D eigenvalue weighted by Gasteiger charge is 2.19. The van der Waals surface area contributed by atoms with Crippen LogP contribution in [-0.4, -0.2) is 11.0 Å². The van der Waals surface area contributed by atoms with Gasteiger partial charge in [-0.1, -0.05) is 31.2 Å². The first-order valence-electron chi connectivity index (χ1n) is 8.00. The molecule has 2 aromatic rings. The molecular weight excluding hydrogens is 256 g/mol. The van der Waals surface area contributed by atoms with Gasteiger partial charge in [0, 0.05) is 30.9 Å². The molecule has 1 aliphatic rings. The van der Waals surface area contributed by atoms with Crippen LogP contribution in [0.1, 0.15) is 47.7 Å². The number of nitrogens with one attached hydrogen (secondary N) is 1. The Bertz CT molecular complexity index is 597. The van der Waals surface area contributed by atoms with E-state index in [0.717, 1.165) is 31.1 Å². The van der Waals surface area contributed by atoms with Gasteiger partial charge in [0.15, 0.2) is 0 Å². The molecule has 1 aromatic carbocycles. The van der Waals surface area contributed by atoms with E-state index in [2.05, 4.69) is 54.5 Å². The monoisotopic (exact) mass is 280 g/mol. The van der Waals surface area contributed by atoms with Crippen molar-refractivity contribution in [1.29, 1.82) is 0 Å². The van der Waals surface area contributed by atoms with Gasteiger partial charge >= 0.3 is 0 Å². The Morgan fingerprint density at radius 1 is 1.14 bits per heavy atom. The molecule has 3 rings (SSSR count). The van der Waals surface area contributed by atoms with Crippen LogP contribution in [0.15, 0.2) is 36.5 Å². The fourth-order valence-electron chi connectivity index (χ4n) is 2.58. The summed E-state index contributed by atoms with van der Waals surface area (Å²) in [6, 6.07) is 11.9. The number of nitrogens with zero attached hydrogens (tertiary/aromatic N) is 1. The van der Waals surface area contributed by atoms with Gasteiger partial charge in [-0.3, -0.25) is 4.98 Å². The lowest BCUT2D eigenvalue weighted by Gasteiger charge is -2.09. The standard InChI is InChI=1S/C19H24N2/c1-3-15-5-7-19(21-12-15)11-17-6-4-16(10-14(17)2)13-20-18-8-9-18/h4-7,10,12,18,20H,3,8-9,11,13H2,1-2H3. The van der Waals surface area contributed by atoms with E-state index in [4.69, 9.17) is 0 Å². The van der Waals surface area contributed by atoms with Gasteiger partial charge in [-0.05, 0) is 54.5 Å². The molecule has 2 nitrogen and oxygen atoms in total. The van der Waals surface area contributed by atoms with Gasteiger partial charge in [0.25, 0.3) is 0 Å². The van der Waals surface area contributed by atoms with Crippen LogP contribution < -0.4 is 5.32 Å². The van der Waals surface area contributed by atoms with E-state index < -0.39 is 0 Å². The van der Waals surface area contributed by atoms with Crippen molar-refractivity contribution in [3.63, 3.8) is 0 Å². The predicted molar refractivity (Wildman–Crippen MR) is 87.5 cm³/mol. The van der Waals surface area contributed by atoms with Crippen LogP contribution in [0.4, 0.5) is 0 Å². The summed E-state index contributed by atoms with van der Waals surface area (Å²) in [5, 5.41) is 3.57. The summed E-state index contributed by atoms with van der Waals surface area (Å²) in [6.45, 7) is 5.36. The maximum atomic E-state index is 4.56. The van der Waals surface area contributed by atoms with Crippen molar-refractivity contribution in [3.05, 3.63) is 64.5 Å². The van der Waals surface area contributed by atoms with Gasteiger partial charge in [-0.2, -0.15) is 0 Å². The molecule has 0 amide bonds. The summed E-state index contributed by atoms with van der Waals surface area (Å²) in [4.78, 5) is 4.56. The first kappa shape index (κ1) is 14.3. The maximum absolute atomic E-state index is 4.56. The van der Waals surface area contributed by atoms with Crippen LogP contribution in [0.25, 0.3) is 0 Å². The normalized spacial score (nSPS) is 14.4. The van der Waals surface area contributed by atoms with Crippen molar-refractivity contribution in [1.82, 2.24) is 10.3 Å². The van der Waals surface area contributed by atoms with E-state index in [-0.39, 0.29) is 0 Å². The average molecular weight is 280 g/mol. The topological polar surface area (TPSA) is 24.9 Å². The van der Waals surface area contributed by atoms with Gasteiger partial charge in [0.05, 0.1) is 0 Å². The number of aryl methyl sites for hydroxylation is 2. The van der Waals surface area contributed by atoms with Crippen molar-refractivity contribution in [2.24, 2.45) is 0 Å². The van der Waals surface area contributed by atoms with Crippen LogP contribution in [-0.2, 0) is 19.4 Å². The van der Waals surface area contributed by atoms with Crippen LogP contribution in [0.5, 0.6) is 0 Å². The summed E-state index contributed by atoms with van der Waals surface area (Å²) in [5.74, 6) is 0. The minimum Gasteiger partial charge on any atom is -0.310 e. The van der Waals surface area contributed by atoms with Crippen LogP contribution in [0.3, 0.4) is 0 Å². The molecule has 21 heavy (non-hydrogen) atoms. The number of hydrogen-bond donors (Lipinski definition) is 1. The number of rotatable bonds is 6. The largest absolute Gasteiger partial charge is 0.310 e. The zero-order chi connectivity index (χ0) is 14.7. The maximum Gasteiger partial charge on any atom is 0.0447 e. The highest BCUT2D eigenvalue weighted by atomic mass is 14.9. The fourth-order valence-corrected chi connectivity index (χ4v) is 2.58. The second-order valence-electron chi connectivity index (χ2n) is 6.10. The van der Waals surface area contributed by atoms with Gasteiger partial charge in [-0.15, -0.1) is 0 Å². The summed E-state index contributed by atoms with van der Waals surface area (Å²) in [5.41, 5.74) is 6.59. The third-order valence-electron chi connectivity index (χ3n) is 4.25. The van der Waals surface area contributed by atoms with E-state index in [1.807, 2.05) is 6.20 Å². The van der Waals surface area contributed by atoms with E-state index in [1.54, 1.807) is 0 Å². The number of aromatic nitrogens is 1. The summed E-state index contributed by atoms with van der Waals surface area (Å²) >= 11 is 0. The molecule has 1 saturated carbocycles. The molecule has 0 unspecified atom stereocenters. The number of pyridine rings is 1. The molecular formula is C19H24N2. The lowest BCUT2D eigenvalue weighted by molar-refractivity contribution is 0.687. The third kappa shape index (κ3) is 3.92. The van der Waals surface area contributed by atoms with Gasteiger partial charge < -0.3 is 5.32 Å². The second-order valence-corrected chi connectivity index (χ2v) is 6.10. The minimum atomic E-state index is 0.770. The molecule has 1 aliphatic carbocycles.